The summed E-state index contributed by atoms with van der Waals surface area (Å²) in [6.07, 6.45) is 7.87. The topological polar surface area (TPSA) is 236 Å². The minimum Gasteiger partial charge on any atom is -0.512 e. The molecule has 0 aliphatic heterocycles. The van der Waals surface area contributed by atoms with E-state index in [2.05, 4.69) is 147 Å². The molecule has 4 aromatic heterocycles. The van der Waals surface area contributed by atoms with Crippen molar-refractivity contribution < 1.29 is 142 Å². The molecule has 8 N–H and O–H groups in total. The number of benzene rings is 12. The van der Waals surface area contributed by atoms with Gasteiger partial charge in [0, 0.05) is 105 Å². The number of hydrogen-bond acceptors (Lipinski definition) is 9. The molecule has 16 rings (SSSR count). The first-order valence-electron chi connectivity index (χ1n) is 37.7. The summed E-state index contributed by atoms with van der Waals surface area (Å²) in [4.78, 5) is 58.5. The number of aliphatic hydroxyl groups is 4. The Bertz CT molecular complexity index is 6640. The van der Waals surface area contributed by atoms with Crippen molar-refractivity contribution >= 4 is 121 Å². The first-order chi connectivity index (χ1) is 57.8. The Balaban J connectivity index is 0.000000266. The van der Waals surface area contributed by atoms with Crippen LogP contribution in [0.1, 0.15) is 72.1 Å². The van der Waals surface area contributed by atoms with E-state index in [1.54, 1.807) is 80.2 Å². The van der Waals surface area contributed by atoms with Gasteiger partial charge in [-0.3, -0.25) is 24.0 Å². The van der Waals surface area contributed by atoms with E-state index in [9.17, 15) is 17.6 Å². The van der Waals surface area contributed by atoms with Gasteiger partial charge < -0.3 is 45.1 Å². The number of aliphatic hydroxyl groups excluding tert-OH is 4. The molecule has 0 fully saturated rings. The van der Waals surface area contributed by atoms with Crippen LogP contribution in [0.25, 0.3) is 141 Å². The van der Waals surface area contributed by atoms with E-state index >= 15 is 0 Å². The van der Waals surface area contributed by atoms with E-state index in [0.717, 1.165) is 100 Å². The molecule has 15 nitrogen and oxygen atoms in total. The van der Waals surface area contributed by atoms with Crippen LogP contribution in [-0.4, -0.2) is 89.8 Å². The molecule has 0 amide bonds. The Morgan fingerprint density at radius 2 is 0.736 bits per heavy atom. The van der Waals surface area contributed by atoms with E-state index in [4.69, 9.17) is 57.5 Å². The summed E-state index contributed by atoms with van der Waals surface area (Å²) in [5.74, 6) is 1.63. The maximum Gasteiger partial charge on any atom is 0.416 e. The number of allylic oxidation sites excluding steroid dienone is 8. The van der Waals surface area contributed by atoms with Crippen LogP contribution in [0.15, 0.2) is 297 Å². The molecule has 0 saturated heterocycles. The fourth-order valence-corrected chi connectivity index (χ4v) is 13.0. The molecule has 4 heterocycles. The maximum atomic E-state index is 13.4. The summed E-state index contributed by atoms with van der Waals surface area (Å²) >= 11 is 0. The van der Waals surface area contributed by atoms with E-state index in [1.165, 1.54) is 147 Å². The van der Waals surface area contributed by atoms with Gasteiger partial charge in [-0.25, -0.2) is 4.39 Å². The molecule has 0 atom stereocenters. The van der Waals surface area contributed by atoms with Gasteiger partial charge in [-0.1, -0.05) is 110 Å². The largest absolute Gasteiger partial charge is 0.512 e. The molecule has 0 aliphatic rings. The van der Waals surface area contributed by atoms with Crippen LogP contribution in [0.2, 0.25) is 0 Å². The molecular formula is C102H86F4Ir4N6O9. The van der Waals surface area contributed by atoms with Crippen molar-refractivity contribution in [1.29, 1.82) is 0 Å². The summed E-state index contributed by atoms with van der Waals surface area (Å²) in [6.45, 7) is 30.4. The number of aryl methyl sites for hydroxylation is 2. The minimum atomic E-state index is -4.37. The Labute approximate surface area is 776 Å². The van der Waals surface area contributed by atoms with Gasteiger partial charge in [0.2, 0.25) is 5.69 Å². The first-order valence-corrected chi connectivity index (χ1v) is 37.7. The summed E-state index contributed by atoms with van der Waals surface area (Å²) < 4.78 is 57.6. The van der Waals surface area contributed by atoms with Crippen LogP contribution in [0, 0.1) is 57.1 Å². The van der Waals surface area contributed by atoms with E-state index in [1.807, 2.05) is 67.0 Å². The predicted molar refractivity (Wildman–Crippen MR) is 484 cm³/mol. The molecule has 642 valence electrons. The normalized spacial score (nSPS) is 10.9. The summed E-state index contributed by atoms with van der Waals surface area (Å²) in [6, 6.07) is 82.2. The van der Waals surface area contributed by atoms with Crippen LogP contribution in [0.5, 0.6) is 5.75 Å². The number of aromatic nitrogens is 4. The molecule has 0 unspecified atom stereocenters. The van der Waals surface area contributed by atoms with E-state index in [0.29, 0.717) is 22.5 Å². The number of nitrogens with zero attached hydrogens (tertiary/aromatic N) is 6. The zero-order valence-corrected chi connectivity index (χ0v) is 79.1. The molecule has 0 bridgehead atoms. The number of rotatable bonds is 9. The van der Waals surface area contributed by atoms with Gasteiger partial charge >= 0.3 is 29.3 Å². The third-order valence-electron chi connectivity index (χ3n) is 17.9. The molecule has 12 aromatic carbocycles. The second kappa shape index (κ2) is 48.9. The van der Waals surface area contributed by atoms with Gasteiger partial charge in [0.05, 0.1) is 94.3 Å². The summed E-state index contributed by atoms with van der Waals surface area (Å²) in [7, 11) is 1.69. The Kier molecular flexibility index (Phi) is 40.2. The van der Waals surface area contributed by atoms with Crippen molar-refractivity contribution in [3.63, 3.8) is 0 Å². The number of ether oxygens (including phenoxy) is 1. The Morgan fingerprint density at radius 3 is 1.12 bits per heavy atom. The molecule has 4 radical (unpaired) electrons. The van der Waals surface area contributed by atoms with Gasteiger partial charge in [0.15, 0.2) is 0 Å². The quantitative estimate of drug-likeness (QED) is 0.0268. The average molecular weight is 2380 g/mol. The monoisotopic (exact) mass is 2390 g/mol. The van der Waals surface area contributed by atoms with Crippen molar-refractivity contribution in [2.75, 3.05) is 7.11 Å². The third-order valence-corrected chi connectivity index (χ3v) is 17.9. The van der Waals surface area contributed by atoms with Crippen LogP contribution in [0.4, 0.5) is 28.9 Å². The fourth-order valence-electron chi connectivity index (χ4n) is 13.0. The van der Waals surface area contributed by atoms with Crippen LogP contribution in [-0.2, 0) is 86.6 Å². The number of fused-ring (bicyclic) bond motifs is 12. The molecule has 0 saturated carbocycles. The zero-order chi connectivity index (χ0) is 87.6. The second-order valence-corrected chi connectivity index (χ2v) is 27.8. The second-order valence-electron chi connectivity index (χ2n) is 27.8. The van der Waals surface area contributed by atoms with Crippen molar-refractivity contribution in [3.8, 4) is 50.8 Å². The van der Waals surface area contributed by atoms with Gasteiger partial charge in [-0.05, 0) is 204 Å². The summed E-state index contributed by atoms with van der Waals surface area (Å²) in [5, 5.41) is 50.0. The number of halogens is 4. The van der Waals surface area contributed by atoms with Crippen LogP contribution in [0.3, 0.4) is 0 Å². The van der Waals surface area contributed by atoms with Crippen molar-refractivity contribution in [2.24, 2.45) is 0 Å². The number of methoxy groups -OCH3 is 1. The molecule has 16 aromatic rings. The Hall–Kier alpha value is -12.7. The minimum absolute atomic E-state index is 0. The molecule has 125 heavy (non-hydrogen) atoms. The smallest absolute Gasteiger partial charge is 0.416 e. The van der Waals surface area contributed by atoms with E-state index < -0.39 is 11.7 Å². The van der Waals surface area contributed by atoms with Gasteiger partial charge in [-0.15, -0.1) is 113 Å². The van der Waals surface area contributed by atoms with Crippen LogP contribution >= 0.6 is 0 Å². The molecule has 0 spiro atoms. The predicted octanol–water partition coefficient (Wildman–Crippen LogP) is 26.3. The standard InChI is InChI=1S/C21H10F3N2.C21H16N.C20H10FN2.C20H14NO.4C5H8O2.4Ir/c1-25-16-6-2-13(3-7-16)20-19-8-4-14-12-15(21(22,23)24)5-9-17(14)18(19)10-11-26-20;1-14-4-3-5-17(13-14)21-20-9-7-16-12-15(2)6-8-18(16)19(20)10-11-22-21;1-22-16-4-2-3-14(12-16)20-19-7-5-13-11-15(21)6-8-17(13)18(19)9-10-23-20;1-22-16-8-10-17-15(13-16)7-9-19-18(17)11-12-21-20(19)14-5-3-2-4-6-14;4*1-4(6)3-5(2)7;;;;/h2,4-12H;3-4,6-13H,1-2H3;2,4-12H;2-5,7-13H,1H3;4*3,6H,1-2H3;;;;/q4*-1;;;;;;;;/p+4. The van der Waals surface area contributed by atoms with Gasteiger partial charge in [0.25, 0.3) is 0 Å². The SMILES string of the molecule is CC(=[OH+])C=C(C)O.CC(=[OH+])C=C(C)O.CC(=[OH+])C=C(C)O.CC(=[OH+])C=C(C)O.COc1ccc2c(ccc3c(-c4[c-]cccc4)nccc32)c1.Cc1cc[c-]c(-c2nccc3c2ccc2cc(C)ccc23)c1.[C-]#[N+]c1c[c-]c(-c2nccc3c2ccc2cc(C(F)(F)F)ccc23)cc1.[C-]#[N+]c1cc[c-]c(-c2nccc3c2ccc2cc(F)ccc23)c1.[Ir].[Ir].[Ir].[Ir]. The molecular weight excluding hydrogens is 2300 g/mol. The third kappa shape index (κ3) is 29.2. The maximum absolute atomic E-state index is 13.4. The summed E-state index contributed by atoms with van der Waals surface area (Å²) in [5.41, 5.74) is 9.90. The average Bonchev–Trinajstić information content (AvgIpc) is 0.771. The zero-order valence-electron chi connectivity index (χ0n) is 69.5. The van der Waals surface area contributed by atoms with Gasteiger partial charge in [-0.2, -0.15) is 24.1 Å². The number of hydrogen-bond donors (Lipinski definition) is 4. The number of pyridine rings is 4. The van der Waals surface area contributed by atoms with Crippen molar-refractivity contribution in [3.05, 3.63) is 366 Å². The number of alkyl halides is 3. The Morgan fingerprint density at radius 1 is 0.368 bits per heavy atom. The van der Waals surface area contributed by atoms with Gasteiger partial charge in [0.1, 0.15) is 23.8 Å². The number of carbonyl (C=O) groups excluding carboxylic acids is 4. The van der Waals surface area contributed by atoms with E-state index in [-0.39, 0.29) is 132 Å². The fraction of sp³-hybridized carbons (Fsp3) is 0.118. The van der Waals surface area contributed by atoms with Crippen LogP contribution < -0.4 is 4.74 Å². The molecule has 23 heteroatoms. The first kappa shape index (κ1) is 103. The van der Waals surface area contributed by atoms with Crippen molar-refractivity contribution in [1.82, 2.24) is 19.9 Å². The number of ketones is 4. The van der Waals surface area contributed by atoms with Crippen molar-refractivity contribution in [2.45, 2.75) is 75.4 Å². The molecule has 0 aliphatic carbocycles.